The monoisotopic (exact) mass is 309 g/mol. The molecule has 2 amide bonds. The third-order valence-electron chi connectivity index (χ3n) is 4.03. The van der Waals surface area contributed by atoms with Crippen LogP contribution in [0.5, 0.6) is 0 Å². The maximum absolute atomic E-state index is 12.1. The van der Waals surface area contributed by atoms with Gasteiger partial charge in [-0.2, -0.15) is 0 Å². The van der Waals surface area contributed by atoms with E-state index in [4.69, 9.17) is 0 Å². The van der Waals surface area contributed by atoms with Crippen molar-refractivity contribution < 1.29 is 19.2 Å². The molecule has 7 heteroatoms. The highest BCUT2D eigenvalue weighted by Gasteiger charge is 2.28. The molecule has 0 bridgehead atoms. The standard InChI is InChI=1S/C15H23N3O4/c1-10(2)13(19)15(21)18-6-3-11(4-7-18)9-16-14(20)12-5-8-22-17-12/h5,8,10-11,13,19H,3-4,6-7,9H2,1-2H3,(H,16,20). The molecule has 1 aromatic rings. The molecule has 2 N–H and O–H groups in total. The van der Waals surface area contributed by atoms with Crippen LogP contribution in [0.2, 0.25) is 0 Å². The van der Waals surface area contributed by atoms with Gasteiger partial charge in [0.1, 0.15) is 12.4 Å². The van der Waals surface area contributed by atoms with Gasteiger partial charge in [0.2, 0.25) is 0 Å². The van der Waals surface area contributed by atoms with Crippen LogP contribution in [0, 0.1) is 11.8 Å². The van der Waals surface area contributed by atoms with E-state index in [1.165, 1.54) is 12.3 Å². The zero-order chi connectivity index (χ0) is 16.1. The van der Waals surface area contributed by atoms with Gasteiger partial charge >= 0.3 is 0 Å². The van der Waals surface area contributed by atoms with Crippen LogP contribution in [-0.2, 0) is 4.79 Å². The van der Waals surface area contributed by atoms with Crippen molar-refractivity contribution in [2.45, 2.75) is 32.8 Å². The molecule has 1 unspecified atom stereocenters. The summed E-state index contributed by atoms with van der Waals surface area (Å²) in [6.07, 6.45) is 2.06. The fourth-order valence-electron chi connectivity index (χ4n) is 2.49. The molecule has 22 heavy (non-hydrogen) atoms. The van der Waals surface area contributed by atoms with E-state index in [1.54, 1.807) is 4.90 Å². The number of rotatable bonds is 5. The summed E-state index contributed by atoms with van der Waals surface area (Å²) in [7, 11) is 0. The third kappa shape index (κ3) is 4.07. The number of aliphatic hydroxyl groups excluding tert-OH is 1. The summed E-state index contributed by atoms with van der Waals surface area (Å²) in [6, 6.07) is 1.52. The molecule has 0 spiro atoms. The number of carbonyl (C=O) groups is 2. The molecule has 0 aliphatic carbocycles. The molecule has 1 saturated heterocycles. The number of aliphatic hydroxyl groups is 1. The summed E-state index contributed by atoms with van der Waals surface area (Å²) in [5.74, 6) is -0.189. The average molecular weight is 309 g/mol. The molecule has 2 heterocycles. The van der Waals surface area contributed by atoms with E-state index in [0.717, 1.165) is 12.8 Å². The molecule has 7 nitrogen and oxygen atoms in total. The van der Waals surface area contributed by atoms with Crippen molar-refractivity contribution in [3.63, 3.8) is 0 Å². The minimum atomic E-state index is -0.927. The van der Waals surface area contributed by atoms with Crippen LogP contribution in [0.3, 0.4) is 0 Å². The zero-order valence-corrected chi connectivity index (χ0v) is 13.0. The topological polar surface area (TPSA) is 95.7 Å². The maximum Gasteiger partial charge on any atom is 0.273 e. The number of piperidine rings is 1. The van der Waals surface area contributed by atoms with Crippen molar-refractivity contribution in [1.82, 2.24) is 15.4 Å². The van der Waals surface area contributed by atoms with E-state index in [0.29, 0.717) is 25.6 Å². The van der Waals surface area contributed by atoms with Gasteiger partial charge in [0.15, 0.2) is 5.69 Å². The van der Waals surface area contributed by atoms with Crippen LogP contribution in [-0.4, -0.2) is 52.7 Å². The van der Waals surface area contributed by atoms with Crippen LogP contribution in [0.25, 0.3) is 0 Å². The summed E-state index contributed by atoms with van der Waals surface area (Å²) in [5.41, 5.74) is 0.271. The molecule has 0 radical (unpaired) electrons. The quantitative estimate of drug-likeness (QED) is 0.833. The third-order valence-corrected chi connectivity index (χ3v) is 4.03. The Labute approximate surface area is 129 Å². The maximum atomic E-state index is 12.1. The predicted octanol–water partition coefficient (Wildman–Crippen LogP) is 0.660. The molecule has 0 aromatic carbocycles. The molecule has 1 fully saturated rings. The SMILES string of the molecule is CC(C)C(O)C(=O)N1CCC(CNC(=O)c2ccon2)CC1. The molecule has 1 atom stereocenters. The molecule has 1 aliphatic heterocycles. The second-order valence-corrected chi connectivity index (χ2v) is 6.05. The highest BCUT2D eigenvalue weighted by Crippen LogP contribution is 2.18. The predicted molar refractivity (Wildman–Crippen MR) is 79.0 cm³/mol. The van der Waals surface area contributed by atoms with Crippen molar-refractivity contribution in [1.29, 1.82) is 0 Å². The first-order valence-electron chi connectivity index (χ1n) is 7.64. The number of hydrogen-bond acceptors (Lipinski definition) is 5. The van der Waals surface area contributed by atoms with E-state index in [-0.39, 0.29) is 23.4 Å². The van der Waals surface area contributed by atoms with Gasteiger partial charge in [0.05, 0.1) is 0 Å². The van der Waals surface area contributed by atoms with Crippen LogP contribution >= 0.6 is 0 Å². The van der Waals surface area contributed by atoms with Crippen LogP contribution in [0.4, 0.5) is 0 Å². The molecular weight excluding hydrogens is 286 g/mol. The number of likely N-dealkylation sites (tertiary alicyclic amines) is 1. The average Bonchev–Trinajstić information content (AvgIpc) is 3.06. The van der Waals surface area contributed by atoms with Crippen molar-refractivity contribution >= 4 is 11.8 Å². The second-order valence-electron chi connectivity index (χ2n) is 6.05. The molecule has 122 valence electrons. The molecular formula is C15H23N3O4. The lowest BCUT2D eigenvalue weighted by Crippen LogP contribution is -2.46. The first-order valence-corrected chi connectivity index (χ1v) is 7.64. The lowest BCUT2D eigenvalue weighted by atomic mass is 9.95. The number of nitrogens with one attached hydrogen (secondary N) is 1. The van der Waals surface area contributed by atoms with Gasteiger partial charge in [-0.25, -0.2) is 0 Å². The summed E-state index contributed by atoms with van der Waals surface area (Å²) in [6.45, 7) is 5.45. The lowest BCUT2D eigenvalue weighted by molar-refractivity contribution is -0.143. The Morgan fingerprint density at radius 1 is 1.45 bits per heavy atom. The first-order chi connectivity index (χ1) is 10.5. The Balaban J connectivity index is 1.73. The van der Waals surface area contributed by atoms with Gasteiger partial charge in [-0.15, -0.1) is 0 Å². The smallest absolute Gasteiger partial charge is 0.273 e. The van der Waals surface area contributed by atoms with Crippen molar-refractivity contribution in [2.75, 3.05) is 19.6 Å². The van der Waals surface area contributed by atoms with Gasteiger partial charge in [0, 0.05) is 25.7 Å². The summed E-state index contributed by atoms with van der Waals surface area (Å²) in [4.78, 5) is 25.5. The fraction of sp³-hybridized carbons (Fsp3) is 0.667. The second kappa shape index (κ2) is 7.40. The number of nitrogens with zero attached hydrogens (tertiary/aromatic N) is 2. The van der Waals surface area contributed by atoms with Crippen molar-refractivity contribution in [2.24, 2.45) is 11.8 Å². The lowest BCUT2D eigenvalue weighted by Gasteiger charge is -2.33. The van der Waals surface area contributed by atoms with Gasteiger partial charge in [-0.05, 0) is 24.7 Å². The van der Waals surface area contributed by atoms with Crippen LogP contribution < -0.4 is 5.32 Å². The Morgan fingerprint density at radius 3 is 2.68 bits per heavy atom. The highest BCUT2D eigenvalue weighted by molar-refractivity contribution is 5.91. The van der Waals surface area contributed by atoms with Gasteiger partial charge in [-0.1, -0.05) is 19.0 Å². The fourth-order valence-corrected chi connectivity index (χ4v) is 2.49. The molecule has 1 aliphatic rings. The Kier molecular flexibility index (Phi) is 5.54. The van der Waals surface area contributed by atoms with Gasteiger partial charge in [0.25, 0.3) is 11.8 Å². The van der Waals surface area contributed by atoms with E-state index in [9.17, 15) is 14.7 Å². The molecule has 1 aromatic heterocycles. The van der Waals surface area contributed by atoms with E-state index in [1.807, 2.05) is 13.8 Å². The summed E-state index contributed by atoms with van der Waals surface area (Å²) >= 11 is 0. The van der Waals surface area contributed by atoms with E-state index < -0.39 is 6.10 Å². The number of amides is 2. The van der Waals surface area contributed by atoms with E-state index >= 15 is 0 Å². The normalized spacial score (nSPS) is 17.5. The van der Waals surface area contributed by atoms with Crippen molar-refractivity contribution in [3.8, 4) is 0 Å². The van der Waals surface area contributed by atoms with Crippen LogP contribution in [0.15, 0.2) is 16.9 Å². The number of aromatic nitrogens is 1. The van der Waals surface area contributed by atoms with Crippen molar-refractivity contribution in [3.05, 3.63) is 18.0 Å². The Morgan fingerprint density at radius 2 is 2.14 bits per heavy atom. The largest absolute Gasteiger partial charge is 0.383 e. The minimum absolute atomic E-state index is 0.0769. The van der Waals surface area contributed by atoms with Gasteiger partial charge in [-0.3, -0.25) is 9.59 Å². The number of hydrogen-bond donors (Lipinski definition) is 2. The zero-order valence-electron chi connectivity index (χ0n) is 13.0. The molecule has 0 saturated carbocycles. The summed E-state index contributed by atoms with van der Waals surface area (Å²) in [5, 5.41) is 16.2. The number of carbonyl (C=O) groups excluding carboxylic acids is 2. The molecule has 2 rings (SSSR count). The van der Waals surface area contributed by atoms with Gasteiger partial charge < -0.3 is 19.8 Å². The summed E-state index contributed by atoms with van der Waals surface area (Å²) < 4.78 is 4.63. The Hall–Kier alpha value is -1.89. The Bertz CT molecular complexity index is 493. The highest BCUT2D eigenvalue weighted by atomic mass is 16.5. The van der Waals surface area contributed by atoms with Crippen LogP contribution in [0.1, 0.15) is 37.2 Å². The first kappa shape index (κ1) is 16.5. The van der Waals surface area contributed by atoms with E-state index in [2.05, 4.69) is 15.0 Å². The minimum Gasteiger partial charge on any atom is -0.383 e.